The molecule has 0 amide bonds. The Balaban J connectivity index is 1.64. The number of aromatic nitrogens is 4. The third-order valence-electron chi connectivity index (χ3n) is 3.19. The van der Waals surface area contributed by atoms with Gasteiger partial charge in [-0.05, 0) is 31.2 Å². The molecule has 0 aliphatic heterocycles. The van der Waals surface area contributed by atoms with Gasteiger partial charge in [-0.3, -0.25) is 0 Å². The second kappa shape index (κ2) is 6.22. The summed E-state index contributed by atoms with van der Waals surface area (Å²) >= 11 is 1.40. The van der Waals surface area contributed by atoms with Crippen molar-refractivity contribution in [3.05, 3.63) is 35.1 Å². The summed E-state index contributed by atoms with van der Waals surface area (Å²) in [5.41, 5.74) is 0. The van der Waals surface area contributed by atoms with Crippen molar-refractivity contribution in [1.82, 2.24) is 24.5 Å². The molecule has 3 rings (SSSR count). The van der Waals surface area contributed by atoms with Crippen LogP contribution in [-0.4, -0.2) is 41.9 Å². The summed E-state index contributed by atoms with van der Waals surface area (Å²) in [4.78, 5) is 0.905. The molecule has 0 saturated heterocycles. The van der Waals surface area contributed by atoms with Crippen LogP contribution < -0.4 is 9.46 Å². The van der Waals surface area contributed by atoms with E-state index in [9.17, 15) is 8.42 Å². The van der Waals surface area contributed by atoms with Gasteiger partial charge in [-0.15, -0.1) is 10.2 Å². The van der Waals surface area contributed by atoms with Crippen molar-refractivity contribution >= 4 is 26.3 Å². The average Bonchev–Trinajstić information content (AvgIpc) is 3.09. The first-order valence-electron chi connectivity index (χ1n) is 6.81. The largest absolute Gasteiger partial charge is 0.497 e. The Bertz CT molecular complexity index is 915. The summed E-state index contributed by atoms with van der Waals surface area (Å²) in [7, 11) is -2.01. The number of aryl methyl sites for hydroxylation is 1. The number of hydrogen-bond donors (Lipinski definition) is 1. The number of nitrogens with one attached hydrogen (secondary N) is 1. The van der Waals surface area contributed by atoms with Crippen molar-refractivity contribution < 1.29 is 13.2 Å². The highest BCUT2D eigenvalue weighted by atomic mass is 32.2. The predicted octanol–water partition coefficient (Wildman–Crippen LogP) is 1.02. The van der Waals surface area contributed by atoms with Gasteiger partial charge in [-0.25, -0.2) is 13.1 Å². The molecule has 0 aliphatic rings. The zero-order chi connectivity index (χ0) is 16.4. The Morgan fingerprint density at radius 3 is 2.65 bits per heavy atom. The first-order valence-corrected chi connectivity index (χ1v) is 9.11. The van der Waals surface area contributed by atoms with Gasteiger partial charge < -0.3 is 4.74 Å². The van der Waals surface area contributed by atoms with Crippen LogP contribution in [0.5, 0.6) is 5.75 Å². The molecule has 0 bridgehead atoms. The number of methoxy groups -OCH3 is 1. The van der Waals surface area contributed by atoms with Gasteiger partial charge in [0.1, 0.15) is 10.8 Å². The molecule has 0 saturated carbocycles. The molecule has 3 aromatic rings. The topological polar surface area (TPSA) is 98.5 Å². The average molecular weight is 353 g/mol. The van der Waals surface area contributed by atoms with Crippen LogP contribution in [0.15, 0.2) is 29.2 Å². The molecule has 0 fully saturated rings. The van der Waals surface area contributed by atoms with Crippen LogP contribution in [-0.2, 0) is 16.4 Å². The van der Waals surface area contributed by atoms with Crippen molar-refractivity contribution in [2.75, 3.05) is 13.7 Å². The minimum absolute atomic E-state index is 0.201. The highest BCUT2D eigenvalue weighted by molar-refractivity contribution is 7.89. The minimum Gasteiger partial charge on any atom is -0.497 e. The Morgan fingerprint density at radius 2 is 2.00 bits per heavy atom. The molecule has 0 spiro atoms. The summed E-state index contributed by atoms with van der Waals surface area (Å²) in [5.74, 6) is 1.32. The second-order valence-corrected chi connectivity index (χ2v) is 7.57. The van der Waals surface area contributed by atoms with E-state index in [4.69, 9.17) is 4.74 Å². The van der Waals surface area contributed by atoms with Crippen LogP contribution in [0.3, 0.4) is 0 Å². The summed E-state index contributed by atoms with van der Waals surface area (Å²) < 4.78 is 33.6. The van der Waals surface area contributed by atoms with Gasteiger partial charge in [0.05, 0.1) is 12.0 Å². The highest BCUT2D eigenvalue weighted by Crippen LogP contribution is 2.16. The molecule has 0 atom stereocenters. The van der Waals surface area contributed by atoms with E-state index < -0.39 is 10.0 Å². The molecule has 0 radical (unpaired) electrons. The van der Waals surface area contributed by atoms with Crippen LogP contribution in [0, 0.1) is 6.92 Å². The Labute approximate surface area is 137 Å². The zero-order valence-electron chi connectivity index (χ0n) is 12.6. The molecule has 2 aromatic heterocycles. The lowest BCUT2D eigenvalue weighted by Crippen LogP contribution is -2.26. The van der Waals surface area contributed by atoms with Gasteiger partial charge >= 0.3 is 0 Å². The number of rotatable bonds is 6. The van der Waals surface area contributed by atoms with Crippen LogP contribution in [0.25, 0.3) is 4.96 Å². The van der Waals surface area contributed by atoms with Gasteiger partial charge in [-0.2, -0.15) is 9.61 Å². The van der Waals surface area contributed by atoms with Gasteiger partial charge in [0.2, 0.25) is 15.0 Å². The highest BCUT2D eigenvalue weighted by Gasteiger charge is 2.14. The molecule has 0 aliphatic carbocycles. The lowest BCUT2D eigenvalue weighted by molar-refractivity contribution is 0.414. The van der Waals surface area contributed by atoms with Crippen molar-refractivity contribution in [3.63, 3.8) is 0 Å². The van der Waals surface area contributed by atoms with E-state index in [0.717, 1.165) is 5.01 Å². The molecule has 1 N–H and O–H groups in total. The van der Waals surface area contributed by atoms with Gasteiger partial charge in [0.25, 0.3) is 0 Å². The fourth-order valence-corrected chi connectivity index (χ4v) is 3.90. The maximum absolute atomic E-state index is 12.2. The van der Waals surface area contributed by atoms with Crippen molar-refractivity contribution in [3.8, 4) is 5.75 Å². The van der Waals surface area contributed by atoms with Crippen molar-refractivity contribution in [2.45, 2.75) is 18.2 Å². The number of ether oxygens (including phenoxy) is 1. The quantitative estimate of drug-likeness (QED) is 0.710. The first-order chi connectivity index (χ1) is 11.0. The van der Waals surface area contributed by atoms with E-state index in [1.807, 2.05) is 6.92 Å². The van der Waals surface area contributed by atoms with Crippen molar-refractivity contribution in [2.24, 2.45) is 0 Å². The standard InChI is InChI=1S/C13H15N5O3S2/c1-9-15-16-13-18(9)17-12(22-13)7-8-14-23(19,20)11-5-3-10(21-2)4-6-11/h3-6,14H,7-8H2,1-2H3. The van der Waals surface area contributed by atoms with Crippen LogP contribution in [0.4, 0.5) is 0 Å². The van der Waals surface area contributed by atoms with E-state index in [1.165, 1.54) is 30.6 Å². The normalized spacial score (nSPS) is 11.9. The third-order valence-corrected chi connectivity index (χ3v) is 5.62. The second-order valence-electron chi connectivity index (χ2n) is 4.76. The molecule has 122 valence electrons. The summed E-state index contributed by atoms with van der Waals surface area (Å²) in [6.45, 7) is 2.08. The molecule has 23 heavy (non-hydrogen) atoms. The monoisotopic (exact) mass is 353 g/mol. The Hall–Kier alpha value is -2.04. The molecule has 0 unspecified atom stereocenters. The van der Waals surface area contributed by atoms with E-state index in [1.54, 1.807) is 16.6 Å². The molecule has 1 aromatic carbocycles. The number of benzene rings is 1. The van der Waals surface area contributed by atoms with Gasteiger partial charge in [-0.1, -0.05) is 11.3 Å². The Kier molecular flexibility index (Phi) is 4.28. The molecular weight excluding hydrogens is 338 g/mol. The minimum atomic E-state index is -3.54. The summed E-state index contributed by atoms with van der Waals surface area (Å²) in [6.07, 6.45) is 0.489. The molecular formula is C13H15N5O3S2. The van der Waals surface area contributed by atoms with Crippen LogP contribution >= 0.6 is 11.3 Å². The lowest BCUT2D eigenvalue weighted by atomic mass is 10.3. The fourth-order valence-electron chi connectivity index (χ4n) is 1.99. The number of hydrogen-bond acceptors (Lipinski definition) is 7. The molecule has 10 heteroatoms. The molecule has 8 nitrogen and oxygen atoms in total. The van der Waals surface area contributed by atoms with Gasteiger partial charge in [0.15, 0.2) is 5.82 Å². The zero-order valence-corrected chi connectivity index (χ0v) is 14.2. The van der Waals surface area contributed by atoms with E-state index in [-0.39, 0.29) is 11.4 Å². The maximum Gasteiger partial charge on any atom is 0.240 e. The third kappa shape index (κ3) is 3.33. The fraction of sp³-hybridized carbons (Fsp3) is 0.308. The van der Waals surface area contributed by atoms with Crippen LogP contribution in [0.2, 0.25) is 0 Å². The Morgan fingerprint density at radius 1 is 1.26 bits per heavy atom. The van der Waals surface area contributed by atoms with E-state index in [0.29, 0.717) is 23.0 Å². The SMILES string of the molecule is COc1ccc(S(=O)(=O)NCCc2nn3c(C)nnc3s2)cc1. The van der Waals surface area contributed by atoms with E-state index >= 15 is 0 Å². The van der Waals surface area contributed by atoms with Crippen LogP contribution in [0.1, 0.15) is 10.8 Å². The number of nitrogens with zero attached hydrogens (tertiary/aromatic N) is 4. The first kappa shape index (κ1) is 15.8. The number of fused-ring (bicyclic) bond motifs is 1. The molecule has 2 heterocycles. The van der Waals surface area contributed by atoms with E-state index in [2.05, 4.69) is 20.0 Å². The van der Waals surface area contributed by atoms with Crippen molar-refractivity contribution in [1.29, 1.82) is 0 Å². The summed E-state index contributed by atoms with van der Waals surface area (Å²) in [5, 5.41) is 13.0. The smallest absolute Gasteiger partial charge is 0.240 e. The van der Waals surface area contributed by atoms with Gasteiger partial charge in [0, 0.05) is 13.0 Å². The number of sulfonamides is 1. The predicted molar refractivity (Wildman–Crippen MR) is 85.3 cm³/mol. The maximum atomic E-state index is 12.2. The lowest BCUT2D eigenvalue weighted by Gasteiger charge is -2.06. The summed E-state index contributed by atoms with van der Waals surface area (Å²) in [6, 6.07) is 6.24.